The molecule has 6 nitrogen and oxygen atoms in total. The average molecular weight is 507 g/mol. The van der Waals surface area contributed by atoms with Crippen molar-refractivity contribution in [2.24, 2.45) is 20.5 Å². The maximum atomic E-state index is 4.70. The minimum atomic E-state index is -0.226. The highest BCUT2D eigenvalue weighted by atomic mass is 15.2. The average Bonchev–Trinajstić information content (AvgIpc) is 2.95. The third kappa shape index (κ3) is 4.16. The summed E-state index contributed by atoms with van der Waals surface area (Å²) in [5.74, 6) is 0. The Labute approximate surface area is 226 Å². The van der Waals surface area contributed by atoms with Crippen molar-refractivity contribution in [2.45, 2.75) is 19.5 Å². The van der Waals surface area contributed by atoms with Gasteiger partial charge in [0, 0.05) is 38.3 Å². The van der Waals surface area contributed by atoms with Gasteiger partial charge >= 0.3 is 0 Å². The number of nitrogens with zero attached hydrogens (tertiary/aromatic N) is 4. The van der Waals surface area contributed by atoms with Crippen LogP contribution in [0.2, 0.25) is 0 Å². The minimum Gasteiger partial charge on any atom is -0.363 e. The zero-order valence-electron chi connectivity index (χ0n) is 21.7. The Morgan fingerprint density at radius 1 is 0.436 bits per heavy atom. The normalized spacial score (nSPS) is 14.3. The fourth-order valence-electron chi connectivity index (χ4n) is 5.34. The molecule has 0 saturated carbocycles. The van der Waals surface area contributed by atoms with Crippen LogP contribution < -0.4 is 10.6 Å². The minimum absolute atomic E-state index is 0.226. The van der Waals surface area contributed by atoms with Gasteiger partial charge in [0.25, 0.3) is 0 Å². The highest BCUT2D eigenvalue weighted by Gasteiger charge is 2.25. The van der Waals surface area contributed by atoms with Gasteiger partial charge in [-0.15, -0.1) is 20.5 Å². The topological polar surface area (TPSA) is 73.5 Å². The Kier molecular flexibility index (Phi) is 5.33. The maximum Gasteiger partial charge on any atom is 0.102 e. The number of rotatable bonds is 4. The third-order valence-electron chi connectivity index (χ3n) is 7.09. The van der Waals surface area contributed by atoms with Crippen molar-refractivity contribution < 1.29 is 0 Å². The molecule has 6 aromatic rings. The van der Waals surface area contributed by atoms with Crippen LogP contribution in [0.5, 0.6) is 0 Å². The molecule has 0 aromatic heterocycles. The van der Waals surface area contributed by atoms with Gasteiger partial charge < -0.3 is 10.6 Å². The molecule has 7 rings (SSSR count). The summed E-state index contributed by atoms with van der Waals surface area (Å²) in [7, 11) is 0. The van der Waals surface area contributed by atoms with Crippen molar-refractivity contribution in [3.8, 4) is 0 Å². The number of anilines is 2. The monoisotopic (exact) mass is 506 g/mol. The molecule has 0 fully saturated rings. The first-order chi connectivity index (χ1) is 19.1. The van der Waals surface area contributed by atoms with E-state index in [9.17, 15) is 0 Å². The Morgan fingerprint density at radius 3 is 1.59 bits per heavy atom. The first-order valence-electron chi connectivity index (χ1n) is 13.0. The van der Waals surface area contributed by atoms with Crippen LogP contribution in [0.3, 0.4) is 0 Å². The van der Waals surface area contributed by atoms with Crippen LogP contribution in [-0.4, -0.2) is 5.66 Å². The van der Waals surface area contributed by atoms with Gasteiger partial charge in [0.1, 0.15) is 5.66 Å². The molecule has 1 heterocycles. The highest BCUT2D eigenvalue weighted by molar-refractivity contribution is 6.09. The molecule has 1 aliphatic rings. The molecule has 0 atom stereocenters. The molecule has 2 N–H and O–H groups in total. The largest absolute Gasteiger partial charge is 0.363 e. The standard InChI is InChI=1S/C33H26N6/c1-33(2)34-30-16-8-14-25-29(19-20-31(35-33)32(25)30)39-38-28-18-17-27(23-12-5-6-13-24(23)28)37-36-26-15-7-10-21-9-3-4-11-22(21)26/h3-20,34-35H,1-2H3. The number of fused-ring (bicyclic) bond motifs is 2. The summed E-state index contributed by atoms with van der Waals surface area (Å²) in [5.41, 5.74) is 5.20. The van der Waals surface area contributed by atoms with E-state index in [4.69, 9.17) is 10.2 Å². The van der Waals surface area contributed by atoms with Crippen molar-refractivity contribution in [2.75, 3.05) is 10.6 Å². The van der Waals surface area contributed by atoms with Crippen LogP contribution in [0, 0.1) is 0 Å². The van der Waals surface area contributed by atoms with Crippen molar-refractivity contribution in [3.63, 3.8) is 0 Å². The molecule has 39 heavy (non-hydrogen) atoms. The number of nitrogens with one attached hydrogen (secondary N) is 2. The smallest absolute Gasteiger partial charge is 0.102 e. The lowest BCUT2D eigenvalue weighted by Crippen LogP contribution is -2.41. The molecule has 0 aliphatic carbocycles. The van der Waals surface area contributed by atoms with E-state index < -0.39 is 0 Å². The second kappa shape index (κ2) is 9.03. The van der Waals surface area contributed by atoms with Gasteiger partial charge in [0.2, 0.25) is 0 Å². The fourth-order valence-corrected chi connectivity index (χ4v) is 5.34. The van der Waals surface area contributed by atoms with E-state index in [-0.39, 0.29) is 5.66 Å². The van der Waals surface area contributed by atoms with Gasteiger partial charge in [-0.25, -0.2) is 0 Å². The van der Waals surface area contributed by atoms with E-state index in [1.54, 1.807) is 0 Å². The molecule has 0 amide bonds. The van der Waals surface area contributed by atoms with Crippen molar-refractivity contribution >= 4 is 66.4 Å². The number of hydrogen-bond donors (Lipinski definition) is 2. The lowest BCUT2D eigenvalue weighted by atomic mass is 10.00. The van der Waals surface area contributed by atoms with Crippen molar-refractivity contribution in [3.05, 3.63) is 109 Å². The second-order valence-corrected chi connectivity index (χ2v) is 10.3. The molecule has 6 heteroatoms. The first kappa shape index (κ1) is 23.0. The second-order valence-electron chi connectivity index (χ2n) is 10.3. The van der Waals surface area contributed by atoms with Gasteiger partial charge in [-0.1, -0.05) is 72.8 Å². The van der Waals surface area contributed by atoms with Crippen molar-refractivity contribution in [1.82, 2.24) is 0 Å². The zero-order chi connectivity index (χ0) is 26.4. The van der Waals surface area contributed by atoms with E-state index in [1.165, 1.54) is 0 Å². The summed E-state index contributed by atoms with van der Waals surface area (Å²) in [6.45, 7) is 4.25. The molecule has 0 bridgehead atoms. The SMILES string of the molecule is CC1(C)Nc2cccc3c(N=Nc4ccc(N=Nc5cccc6ccccc56)c5ccccc45)ccc(c23)N1. The summed E-state index contributed by atoms with van der Waals surface area (Å²) in [6, 6.07) is 36.7. The number of azo groups is 2. The predicted molar refractivity (Wildman–Crippen MR) is 162 cm³/mol. The van der Waals surface area contributed by atoms with Crippen LogP contribution in [0.25, 0.3) is 32.3 Å². The van der Waals surface area contributed by atoms with E-state index in [1.807, 2.05) is 66.7 Å². The van der Waals surface area contributed by atoms with Crippen LogP contribution >= 0.6 is 0 Å². The van der Waals surface area contributed by atoms with E-state index in [2.05, 4.69) is 77.2 Å². The van der Waals surface area contributed by atoms with Crippen molar-refractivity contribution in [1.29, 1.82) is 0 Å². The molecular formula is C33H26N6. The Hall–Kier alpha value is -5.10. The summed E-state index contributed by atoms with van der Waals surface area (Å²) >= 11 is 0. The van der Waals surface area contributed by atoms with Crippen LogP contribution in [0.15, 0.2) is 130 Å². The van der Waals surface area contributed by atoms with Crippen LogP contribution in [-0.2, 0) is 0 Å². The molecule has 1 aliphatic heterocycles. The van der Waals surface area contributed by atoms with E-state index >= 15 is 0 Å². The van der Waals surface area contributed by atoms with Gasteiger partial charge in [-0.05, 0) is 55.6 Å². The van der Waals surface area contributed by atoms with Crippen LogP contribution in [0.4, 0.5) is 34.1 Å². The fraction of sp³-hybridized carbons (Fsp3) is 0.0909. The summed E-state index contributed by atoms with van der Waals surface area (Å²) in [6.07, 6.45) is 0. The van der Waals surface area contributed by atoms with Crippen LogP contribution in [0.1, 0.15) is 13.8 Å². The van der Waals surface area contributed by atoms with Gasteiger partial charge in [0.15, 0.2) is 0 Å². The Bertz CT molecular complexity index is 1930. The lowest BCUT2D eigenvalue weighted by Gasteiger charge is -2.36. The maximum absolute atomic E-state index is 4.70. The van der Waals surface area contributed by atoms with Gasteiger partial charge in [0.05, 0.1) is 22.7 Å². The van der Waals surface area contributed by atoms with Gasteiger partial charge in [-0.3, -0.25) is 0 Å². The molecule has 0 unspecified atom stereocenters. The molecule has 6 aromatic carbocycles. The summed E-state index contributed by atoms with van der Waals surface area (Å²) < 4.78 is 0. The van der Waals surface area contributed by atoms with E-state index in [0.717, 1.165) is 66.4 Å². The highest BCUT2D eigenvalue weighted by Crippen LogP contribution is 2.42. The predicted octanol–water partition coefficient (Wildman–Crippen LogP) is 10.6. The van der Waals surface area contributed by atoms with Gasteiger partial charge in [-0.2, -0.15) is 0 Å². The number of benzene rings is 6. The molecule has 188 valence electrons. The molecule has 0 saturated heterocycles. The summed E-state index contributed by atoms with van der Waals surface area (Å²) in [5, 5.41) is 32.1. The quantitative estimate of drug-likeness (QED) is 0.233. The number of hydrogen-bond acceptors (Lipinski definition) is 6. The first-order valence-corrected chi connectivity index (χ1v) is 13.0. The third-order valence-corrected chi connectivity index (χ3v) is 7.09. The van der Waals surface area contributed by atoms with E-state index in [0.29, 0.717) is 0 Å². The lowest BCUT2D eigenvalue weighted by molar-refractivity contribution is 0.649. The molecular weight excluding hydrogens is 480 g/mol. The Balaban J connectivity index is 1.27. The zero-order valence-corrected chi connectivity index (χ0v) is 21.7. The molecule has 0 spiro atoms. The molecule has 0 radical (unpaired) electrons. The summed E-state index contributed by atoms with van der Waals surface area (Å²) in [4.78, 5) is 0. The Morgan fingerprint density at radius 2 is 0.897 bits per heavy atom.